The number of hydrogen-bond acceptors (Lipinski definition) is 5. The van der Waals surface area contributed by atoms with Crippen molar-refractivity contribution >= 4 is 18.5 Å². The van der Waals surface area contributed by atoms with Crippen LogP contribution in [0.2, 0.25) is 0 Å². The van der Waals surface area contributed by atoms with Crippen LogP contribution in [0, 0.1) is 0 Å². The Morgan fingerprint density at radius 3 is 2.65 bits per heavy atom. The lowest BCUT2D eigenvalue weighted by molar-refractivity contribution is 0.112. The van der Waals surface area contributed by atoms with Crippen LogP contribution in [0.25, 0.3) is 6.08 Å². The summed E-state index contributed by atoms with van der Waals surface area (Å²) in [7, 11) is 1.42. The molecule has 0 spiro atoms. The van der Waals surface area contributed by atoms with Gasteiger partial charge in [-0.1, -0.05) is 48.6 Å². The zero-order chi connectivity index (χ0) is 18.8. The van der Waals surface area contributed by atoms with Crippen LogP contribution in [-0.2, 0) is 11.3 Å². The van der Waals surface area contributed by atoms with Crippen molar-refractivity contribution in [2.75, 3.05) is 13.7 Å². The number of aromatic hydroxyl groups is 1. The average molecular weight is 355 g/mol. The van der Waals surface area contributed by atoms with Gasteiger partial charge in [0.1, 0.15) is 6.61 Å². The van der Waals surface area contributed by atoms with Gasteiger partial charge in [0.25, 0.3) is 0 Å². The normalized spacial score (nSPS) is 10.5. The Labute approximate surface area is 152 Å². The van der Waals surface area contributed by atoms with E-state index in [1.54, 1.807) is 24.3 Å². The molecule has 0 aliphatic heterocycles. The molecular weight excluding hydrogens is 334 g/mol. The molecular formula is C20H21NO5. The third-order valence-electron chi connectivity index (χ3n) is 3.64. The summed E-state index contributed by atoms with van der Waals surface area (Å²) in [6.07, 6.45) is 4.14. The Bertz CT molecular complexity index is 771. The minimum absolute atomic E-state index is 0.163. The second kappa shape index (κ2) is 9.88. The molecule has 0 fully saturated rings. The molecule has 0 heterocycles. The van der Waals surface area contributed by atoms with Gasteiger partial charge in [-0.05, 0) is 23.6 Å². The molecule has 2 N–H and O–H groups in total. The van der Waals surface area contributed by atoms with Gasteiger partial charge in [-0.25, -0.2) is 4.79 Å². The van der Waals surface area contributed by atoms with Crippen LogP contribution in [0.1, 0.15) is 27.9 Å². The highest BCUT2D eigenvalue weighted by Crippen LogP contribution is 2.31. The summed E-state index contributed by atoms with van der Waals surface area (Å²) in [5.74, 6) is 0.0549. The van der Waals surface area contributed by atoms with Crippen LogP contribution >= 0.6 is 0 Å². The molecule has 0 aromatic heterocycles. The predicted molar refractivity (Wildman–Crippen MR) is 98.3 cm³/mol. The lowest BCUT2D eigenvalue weighted by Crippen LogP contribution is -2.24. The topological polar surface area (TPSA) is 84.9 Å². The molecule has 1 amide bonds. The summed E-state index contributed by atoms with van der Waals surface area (Å²) in [5, 5.41) is 12.6. The number of carbonyl (C=O) groups is 2. The fourth-order valence-electron chi connectivity index (χ4n) is 2.28. The molecule has 0 aliphatic rings. The number of ether oxygens (including phenoxy) is 2. The van der Waals surface area contributed by atoms with Crippen LogP contribution in [-0.4, -0.2) is 31.1 Å². The van der Waals surface area contributed by atoms with Crippen molar-refractivity contribution in [2.24, 2.45) is 0 Å². The predicted octanol–water partition coefficient (Wildman–Crippen LogP) is 3.54. The molecule has 0 saturated heterocycles. The zero-order valence-corrected chi connectivity index (χ0v) is 14.5. The molecule has 2 aromatic carbocycles. The molecule has 0 bridgehead atoms. The second-order valence-electron chi connectivity index (χ2n) is 5.42. The van der Waals surface area contributed by atoms with Crippen LogP contribution in [0.15, 0.2) is 48.5 Å². The van der Waals surface area contributed by atoms with E-state index < -0.39 is 6.09 Å². The van der Waals surface area contributed by atoms with E-state index in [1.165, 1.54) is 7.11 Å². The number of methoxy groups -OCH3 is 1. The monoisotopic (exact) mass is 355 g/mol. The van der Waals surface area contributed by atoms with Crippen molar-refractivity contribution in [3.8, 4) is 11.5 Å². The van der Waals surface area contributed by atoms with Crippen LogP contribution in [0.3, 0.4) is 0 Å². The first-order valence-corrected chi connectivity index (χ1v) is 8.12. The van der Waals surface area contributed by atoms with Gasteiger partial charge in [0.2, 0.25) is 0 Å². The molecule has 0 unspecified atom stereocenters. The highest BCUT2D eigenvalue weighted by molar-refractivity contribution is 5.87. The van der Waals surface area contributed by atoms with E-state index in [1.807, 2.05) is 30.3 Å². The number of nitrogens with one attached hydrogen (secondary N) is 1. The number of rotatable bonds is 8. The van der Waals surface area contributed by atoms with Crippen molar-refractivity contribution in [1.82, 2.24) is 5.32 Å². The highest BCUT2D eigenvalue weighted by Gasteiger charge is 2.10. The summed E-state index contributed by atoms with van der Waals surface area (Å²) in [5.41, 5.74) is 1.66. The largest absolute Gasteiger partial charge is 0.504 e. The van der Waals surface area contributed by atoms with Gasteiger partial charge in [0, 0.05) is 6.54 Å². The Balaban J connectivity index is 1.78. The fourth-order valence-corrected chi connectivity index (χ4v) is 2.28. The van der Waals surface area contributed by atoms with Gasteiger partial charge in [-0.3, -0.25) is 4.79 Å². The van der Waals surface area contributed by atoms with Crippen LogP contribution in [0.4, 0.5) is 4.79 Å². The Kier molecular flexibility index (Phi) is 7.24. The molecule has 2 rings (SSSR count). The number of phenolic OH excluding ortho intramolecular Hbond substituents is 1. The van der Waals surface area contributed by atoms with Crippen molar-refractivity contribution < 1.29 is 24.2 Å². The lowest BCUT2D eigenvalue weighted by Gasteiger charge is -2.08. The number of hydrogen-bond donors (Lipinski definition) is 2. The number of carbonyl (C=O) groups excluding carboxylic acids is 2. The Morgan fingerprint density at radius 1 is 1.19 bits per heavy atom. The summed E-state index contributed by atoms with van der Waals surface area (Å²) < 4.78 is 10.1. The molecule has 26 heavy (non-hydrogen) atoms. The Hall–Kier alpha value is -3.28. The third-order valence-corrected chi connectivity index (χ3v) is 3.64. The Morgan fingerprint density at radius 2 is 1.96 bits per heavy atom. The standard InChI is InChI=1S/C20H21NO5/c1-25-18-11-10-16(17(13-22)19(18)23)9-5-6-12-21-20(24)26-14-15-7-3-2-4-8-15/h2-5,7-11,13,23H,6,12,14H2,1H3,(H,21,24). The number of amides is 1. The quantitative estimate of drug-likeness (QED) is 0.559. The van der Waals surface area contributed by atoms with Crippen molar-refractivity contribution in [3.63, 3.8) is 0 Å². The van der Waals surface area contributed by atoms with E-state index >= 15 is 0 Å². The molecule has 0 aliphatic carbocycles. The van der Waals surface area contributed by atoms with Crippen LogP contribution < -0.4 is 10.1 Å². The molecule has 0 radical (unpaired) electrons. The highest BCUT2D eigenvalue weighted by atomic mass is 16.5. The maximum Gasteiger partial charge on any atom is 0.407 e. The molecule has 6 nitrogen and oxygen atoms in total. The number of alkyl carbamates (subject to hydrolysis) is 1. The summed E-state index contributed by atoms with van der Waals surface area (Å²) >= 11 is 0. The van der Waals surface area contributed by atoms with Gasteiger partial charge < -0.3 is 19.9 Å². The molecule has 2 aromatic rings. The summed E-state index contributed by atoms with van der Waals surface area (Å²) in [4.78, 5) is 22.8. The SMILES string of the molecule is COc1ccc(C=CCCNC(=O)OCc2ccccc2)c(C=O)c1O. The molecule has 0 atom stereocenters. The van der Waals surface area contributed by atoms with E-state index in [2.05, 4.69) is 5.32 Å². The summed E-state index contributed by atoms with van der Waals surface area (Å²) in [6, 6.07) is 12.7. The fraction of sp³-hybridized carbons (Fsp3) is 0.200. The van der Waals surface area contributed by atoms with Crippen molar-refractivity contribution in [1.29, 1.82) is 0 Å². The lowest BCUT2D eigenvalue weighted by atomic mass is 10.1. The summed E-state index contributed by atoms with van der Waals surface area (Å²) in [6.45, 7) is 0.610. The minimum Gasteiger partial charge on any atom is -0.504 e. The van der Waals surface area contributed by atoms with E-state index in [9.17, 15) is 14.7 Å². The van der Waals surface area contributed by atoms with Crippen molar-refractivity contribution in [3.05, 3.63) is 65.2 Å². The van der Waals surface area contributed by atoms with Crippen molar-refractivity contribution in [2.45, 2.75) is 13.0 Å². The number of aldehydes is 1. The number of benzene rings is 2. The maximum absolute atomic E-state index is 11.6. The van der Waals surface area contributed by atoms with Gasteiger partial charge in [0.05, 0.1) is 12.7 Å². The molecule has 0 saturated carbocycles. The van der Waals surface area contributed by atoms with Crippen LogP contribution in [0.5, 0.6) is 11.5 Å². The second-order valence-corrected chi connectivity index (χ2v) is 5.42. The van der Waals surface area contributed by atoms with Gasteiger partial charge in [-0.15, -0.1) is 0 Å². The minimum atomic E-state index is -0.488. The first-order chi connectivity index (χ1) is 12.7. The van der Waals surface area contributed by atoms with E-state index in [4.69, 9.17) is 9.47 Å². The zero-order valence-electron chi connectivity index (χ0n) is 14.5. The van der Waals surface area contributed by atoms with Gasteiger partial charge >= 0.3 is 6.09 Å². The first kappa shape index (κ1) is 19.1. The van der Waals surface area contributed by atoms with Gasteiger partial charge in [-0.2, -0.15) is 0 Å². The third kappa shape index (κ3) is 5.37. The molecule has 136 valence electrons. The maximum atomic E-state index is 11.6. The molecule has 6 heteroatoms. The van der Waals surface area contributed by atoms with E-state index in [0.717, 1.165) is 5.56 Å². The van der Waals surface area contributed by atoms with Gasteiger partial charge in [0.15, 0.2) is 17.8 Å². The average Bonchev–Trinajstić information content (AvgIpc) is 2.67. The van der Waals surface area contributed by atoms with E-state index in [0.29, 0.717) is 24.8 Å². The smallest absolute Gasteiger partial charge is 0.407 e. The first-order valence-electron chi connectivity index (χ1n) is 8.12. The van der Waals surface area contributed by atoms with E-state index in [-0.39, 0.29) is 23.7 Å². The number of phenols is 1.